The lowest BCUT2D eigenvalue weighted by Gasteiger charge is -2.35. The van der Waals surface area contributed by atoms with Crippen LogP contribution in [0.2, 0.25) is 5.54 Å². The quantitative estimate of drug-likeness (QED) is 0.554. The lowest BCUT2D eigenvalue weighted by Crippen LogP contribution is -2.50. The van der Waals surface area contributed by atoms with Crippen LogP contribution in [-0.4, -0.2) is 38.2 Å². The highest BCUT2D eigenvalue weighted by atomic mass is 28.4. The molecule has 0 bridgehead atoms. The van der Waals surface area contributed by atoms with E-state index < -0.39 is 8.80 Å². The Morgan fingerprint density at radius 2 is 1.62 bits per heavy atom. The molecule has 0 aliphatic carbocycles. The highest BCUT2D eigenvalue weighted by Crippen LogP contribution is 2.34. The van der Waals surface area contributed by atoms with Gasteiger partial charge in [-0.2, -0.15) is 0 Å². The van der Waals surface area contributed by atoms with Gasteiger partial charge in [-0.05, 0) is 33.6 Å². The molecule has 0 saturated heterocycles. The molecule has 1 rings (SSSR count). The molecule has 5 nitrogen and oxygen atoms in total. The van der Waals surface area contributed by atoms with E-state index in [9.17, 15) is 0 Å². The Hall–Kier alpha value is -0.693. The van der Waals surface area contributed by atoms with E-state index in [2.05, 4.69) is 16.5 Å². The summed E-state index contributed by atoms with van der Waals surface area (Å²) < 4.78 is 20.3. The number of hydrogen-bond acceptors (Lipinski definition) is 4. The third kappa shape index (κ3) is 5.54. The van der Waals surface area contributed by atoms with Gasteiger partial charge >= 0.3 is 8.80 Å². The van der Waals surface area contributed by atoms with Crippen molar-refractivity contribution in [3.8, 4) is 0 Å². The summed E-state index contributed by atoms with van der Waals surface area (Å²) in [5.41, 5.74) is 0.338. The summed E-state index contributed by atoms with van der Waals surface area (Å²) >= 11 is 0. The number of hydrogen-bond donors (Lipinski definition) is 0. The molecule has 1 unspecified atom stereocenters. The fourth-order valence-corrected chi connectivity index (χ4v) is 5.94. The average molecular weight is 315 g/mol. The van der Waals surface area contributed by atoms with Crippen LogP contribution in [-0.2, 0) is 19.8 Å². The van der Waals surface area contributed by atoms with E-state index >= 15 is 0 Å². The minimum atomic E-state index is -2.61. The summed E-state index contributed by atoms with van der Waals surface area (Å²) in [6, 6.07) is 0. The highest BCUT2D eigenvalue weighted by molar-refractivity contribution is 6.62. The Kier molecular flexibility index (Phi) is 8.83. The largest absolute Gasteiger partial charge is 0.504 e. The molecule has 122 valence electrons. The van der Waals surface area contributed by atoms with Gasteiger partial charge < -0.3 is 17.8 Å². The van der Waals surface area contributed by atoms with Gasteiger partial charge in [-0.1, -0.05) is 13.3 Å². The predicted octanol–water partition coefficient (Wildman–Crippen LogP) is 3.49. The normalized spacial score (nSPS) is 13.5. The SMILES string of the molecule is CCCC(CCn1ccnc1)[Si](OCC)(OCC)OCC. The van der Waals surface area contributed by atoms with Crippen molar-refractivity contribution in [1.29, 1.82) is 0 Å². The molecule has 1 heterocycles. The molecule has 0 N–H and O–H groups in total. The van der Waals surface area contributed by atoms with Crippen LogP contribution < -0.4 is 0 Å². The topological polar surface area (TPSA) is 45.5 Å². The summed E-state index contributed by atoms with van der Waals surface area (Å²) in [6.45, 7) is 11.1. The van der Waals surface area contributed by atoms with Crippen molar-refractivity contribution in [2.45, 2.75) is 59.0 Å². The minimum Gasteiger partial charge on any atom is -0.374 e. The lowest BCUT2D eigenvalue weighted by molar-refractivity contribution is 0.0580. The molecule has 1 atom stereocenters. The van der Waals surface area contributed by atoms with Gasteiger partial charge in [0.2, 0.25) is 0 Å². The van der Waals surface area contributed by atoms with Crippen LogP contribution >= 0.6 is 0 Å². The zero-order valence-corrected chi connectivity index (χ0v) is 14.9. The first kappa shape index (κ1) is 18.4. The predicted molar refractivity (Wildman–Crippen MR) is 86.1 cm³/mol. The number of imidazole rings is 1. The van der Waals surface area contributed by atoms with Gasteiger partial charge in [0.1, 0.15) is 0 Å². The maximum atomic E-state index is 6.06. The molecule has 0 aliphatic rings. The summed E-state index contributed by atoms with van der Waals surface area (Å²) in [5.74, 6) is 0. The molecule has 0 spiro atoms. The van der Waals surface area contributed by atoms with E-state index in [4.69, 9.17) is 13.3 Å². The van der Waals surface area contributed by atoms with Crippen LogP contribution in [0.15, 0.2) is 18.7 Å². The van der Waals surface area contributed by atoms with Crippen molar-refractivity contribution < 1.29 is 13.3 Å². The van der Waals surface area contributed by atoms with Crippen molar-refractivity contribution in [3.63, 3.8) is 0 Å². The van der Waals surface area contributed by atoms with Gasteiger partial charge in [0.15, 0.2) is 0 Å². The fourth-order valence-electron chi connectivity index (χ4n) is 2.65. The maximum Gasteiger partial charge on any atom is 0.504 e. The first-order chi connectivity index (χ1) is 10.2. The summed E-state index contributed by atoms with van der Waals surface area (Å²) in [7, 11) is -2.61. The molecule has 0 radical (unpaired) electrons. The minimum absolute atomic E-state index is 0.338. The first-order valence-corrected chi connectivity index (χ1v) is 9.90. The Morgan fingerprint density at radius 3 is 2.05 bits per heavy atom. The van der Waals surface area contributed by atoms with Crippen molar-refractivity contribution in [2.75, 3.05) is 19.8 Å². The van der Waals surface area contributed by atoms with Crippen molar-refractivity contribution in [2.24, 2.45) is 0 Å². The molecule has 21 heavy (non-hydrogen) atoms. The van der Waals surface area contributed by atoms with E-state index in [-0.39, 0.29) is 0 Å². The zero-order valence-electron chi connectivity index (χ0n) is 13.9. The second kappa shape index (κ2) is 10.1. The molecular formula is C15H30N2O3Si. The molecule has 0 aromatic carbocycles. The fraction of sp³-hybridized carbons (Fsp3) is 0.800. The highest BCUT2D eigenvalue weighted by Gasteiger charge is 2.48. The van der Waals surface area contributed by atoms with Crippen molar-refractivity contribution in [3.05, 3.63) is 18.7 Å². The third-order valence-electron chi connectivity index (χ3n) is 3.47. The summed E-state index contributed by atoms with van der Waals surface area (Å²) in [6.07, 6.45) is 8.84. The Balaban J connectivity index is 2.82. The molecule has 0 amide bonds. The Morgan fingerprint density at radius 1 is 1.00 bits per heavy atom. The van der Waals surface area contributed by atoms with Crippen molar-refractivity contribution >= 4 is 8.80 Å². The molecule has 0 fully saturated rings. The number of aromatic nitrogens is 2. The zero-order chi connectivity index (χ0) is 15.6. The number of aryl methyl sites for hydroxylation is 1. The summed E-state index contributed by atoms with van der Waals surface area (Å²) in [5, 5.41) is 0. The third-order valence-corrected chi connectivity index (χ3v) is 7.12. The monoisotopic (exact) mass is 314 g/mol. The molecule has 0 aliphatic heterocycles. The lowest BCUT2D eigenvalue weighted by atomic mass is 10.2. The van der Waals surface area contributed by atoms with Gasteiger partial charge in [-0.15, -0.1) is 0 Å². The van der Waals surface area contributed by atoms with Crippen LogP contribution in [0.1, 0.15) is 47.0 Å². The average Bonchev–Trinajstić information content (AvgIpc) is 2.97. The van der Waals surface area contributed by atoms with E-state index in [1.54, 1.807) is 0 Å². The van der Waals surface area contributed by atoms with Crippen LogP contribution in [0.5, 0.6) is 0 Å². The van der Waals surface area contributed by atoms with Gasteiger partial charge in [0, 0.05) is 44.3 Å². The second-order valence-electron chi connectivity index (χ2n) is 4.98. The molecule has 1 aromatic rings. The van der Waals surface area contributed by atoms with E-state index in [1.807, 2.05) is 39.5 Å². The first-order valence-electron chi connectivity index (χ1n) is 8.09. The Bertz CT molecular complexity index is 343. The molecule has 0 saturated carbocycles. The van der Waals surface area contributed by atoms with E-state index in [0.29, 0.717) is 25.4 Å². The van der Waals surface area contributed by atoms with E-state index in [1.165, 1.54) is 0 Å². The molecule has 6 heteroatoms. The number of nitrogens with zero attached hydrogens (tertiary/aromatic N) is 2. The van der Waals surface area contributed by atoms with Crippen LogP contribution in [0.4, 0.5) is 0 Å². The van der Waals surface area contributed by atoms with Gasteiger partial charge in [-0.3, -0.25) is 0 Å². The van der Waals surface area contributed by atoms with Crippen LogP contribution in [0, 0.1) is 0 Å². The maximum absolute atomic E-state index is 6.06. The number of rotatable bonds is 12. The van der Waals surface area contributed by atoms with E-state index in [0.717, 1.165) is 25.8 Å². The molecular weight excluding hydrogens is 284 g/mol. The van der Waals surface area contributed by atoms with Crippen LogP contribution in [0.25, 0.3) is 0 Å². The van der Waals surface area contributed by atoms with Gasteiger partial charge in [0.05, 0.1) is 6.33 Å². The molecule has 1 aromatic heterocycles. The Labute approximate surface area is 130 Å². The van der Waals surface area contributed by atoms with Gasteiger partial charge in [0.25, 0.3) is 0 Å². The standard InChI is InChI=1S/C15H30N2O3Si/c1-5-9-15(10-12-17-13-11-16-14-17)21(18-6-2,19-7-3)20-8-4/h11,13-15H,5-10,12H2,1-4H3. The second-order valence-corrected chi connectivity index (χ2v) is 7.87. The van der Waals surface area contributed by atoms with Crippen LogP contribution in [0.3, 0.4) is 0 Å². The van der Waals surface area contributed by atoms with Crippen molar-refractivity contribution in [1.82, 2.24) is 9.55 Å². The summed E-state index contributed by atoms with van der Waals surface area (Å²) in [4.78, 5) is 4.10. The smallest absolute Gasteiger partial charge is 0.374 e. The van der Waals surface area contributed by atoms with Gasteiger partial charge in [-0.25, -0.2) is 4.98 Å².